The third-order valence-corrected chi connectivity index (χ3v) is 0.977. The molecule has 1 rings (SSSR count). The topological polar surface area (TPSA) is 25.2 Å². The Bertz CT molecular complexity index is 155. The highest BCUT2D eigenvalue weighted by atomic mass is 16.3. The van der Waals surface area contributed by atoms with Crippen LogP contribution in [-0.4, -0.2) is 6.04 Å². The Morgan fingerprint density at radius 3 is 2.78 bits per heavy atom. The van der Waals surface area contributed by atoms with Crippen LogP contribution >= 0.6 is 0 Å². The summed E-state index contributed by atoms with van der Waals surface area (Å²) in [6.45, 7) is 4.18. The van der Waals surface area contributed by atoms with Crippen molar-refractivity contribution >= 4 is 5.69 Å². The van der Waals surface area contributed by atoms with Gasteiger partial charge in [-0.3, -0.25) is 0 Å². The van der Waals surface area contributed by atoms with Crippen molar-refractivity contribution in [3.63, 3.8) is 0 Å². The summed E-state index contributed by atoms with van der Waals surface area (Å²) in [5.41, 5.74) is 1.05. The molecule has 0 spiro atoms. The molecule has 50 valence electrons. The quantitative estimate of drug-likeness (QED) is 0.654. The van der Waals surface area contributed by atoms with E-state index in [1.165, 1.54) is 0 Å². The Kier molecular flexibility index (Phi) is 1.78. The summed E-state index contributed by atoms with van der Waals surface area (Å²) >= 11 is 0. The molecule has 0 aliphatic rings. The van der Waals surface area contributed by atoms with Gasteiger partial charge in [0.25, 0.3) is 0 Å². The number of hydrogen-bond donors (Lipinski definition) is 1. The molecule has 0 bridgehead atoms. The minimum absolute atomic E-state index is 0.475. The lowest BCUT2D eigenvalue weighted by Crippen LogP contribution is -2.08. The van der Waals surface area contributed by atoms with E-state index < -0.39 is 0 Å². The third kappa shape index (κ3) is 1.80. The summed E-state index contributed by atoms with van der Waals surface area (Å²) in [6.07, 6.45) is 3.35. The molecular formula is C7H11NO. The van der Waals surface area contributed by atoms with Crippen molar-refractivity contribution in [2.24, 2.45) is 0 Å². The fourth-order valence-electron chi connectivity index (χ4n) is 0.680. The first kappa shape index (κ1) is 6.20. The Morgan fingerprint density at radius 2 is 2.33 bits per heavy atom. The predicted molar refractivity (Wildman–Crippen MR) is 37.5 cm³/mol. The average molecular weight is 125 g/mol. The molecule has 0 unspecified atom stereocenters. The molecule has 0 saturated heterocycles. The number of furan rings is 1. The lowest BCUT2D eigenvalue weighted by molar-refractivity contribution is 0.567. The molecule has 1 heterocycles. The molecule has 0 fully saturated rings. The fourth-order valence-corrected chi connectivity index (χ4v) is 0.680. The molecule has 0 saturated carbocycles. The number of anilines is 1. The SMILES string of the molecule is CC(C)Nc1ccoc1. The smallest absolute Gasteiger partial charge is 0.113 e. The van der Waals surface area contributed by atoms with Crippen LogP contribution in [0, 0.1) is 0 Å². The standard InChI is InChI=1S/C7H11NO/c1-6(2)8-7-3-4-9-5-7/h3-6,8H,1-2H3. The van der Waals surface area contributed by atoms with Crippen molar-refractivity contribution < 1.29 is 4.42 Å². The maximum absolute atomic E-state index is 4.85. The summed E-state index contributed by atoms with van der Waals surface area (Å²) < 4.78 is 4.85. The Hall–Kier alpha value is -0.920. The van der Waals surface area contributed by atoms with Crippen molar-refractivity contribution in [3.8, 4) is 0 Å². The van der Waals surface area contributed by atoms with Gasteiger partial charge in [0.15, 0.2) is 0 Å². The molecule has 0 atom stereocenters. The lowest BCUT2D eigenvalue weighted by Gasteiger charge is -2.04. The molecule has 1 aromatic rings. The van der Waals surface area contributed by atoms with Crippen LogP contribution in [0.25, 0.3) is 0 Å². The van der Waals surface area contributed by atoms with E-state index in [-0.39, 0.29) is 0 Å². The van der Waals surface area contributed by atoms with Gasteiger partial charge in [-0.05, 0) is 19.9 Å². The van der Waals surface area contributed by atoms with Gasteiger partial charge in [0.05, 0.1) is 12.0 Å². The van der Waals surface area contributed by atoms with E-state index in [4.69, 9.17) is 4.42 Å². The molecule has 0 aliphatic carbocycles. The predicted octanol–water partition coefficient (Wildman–Crippen LogP) is 2.10. The van der Waals surface area contributed by atoms with Gasteiger partial charge < -0.3 is 9.73 Å². The van der Waals surface area contributed by atoms with E-state index in [0.717, 1.165) is 5.69 Å². The molecule has 0 aromatic carbocycles. The molecule has 1 aromatic heterocycles. The van der Waals surface area contributed by atoms with Gasteiger partial charge in [0.1, 0.15) is 6.26 Å². The van der Waals surface area contributed by atoms with Gasteiger partial charge in [-0.15, -0.1) is 0 Å². The van der Waals surface area contributed by atoms with Crippen molar-refractivity contribution in [1.29, 1.82) is 0 Å². The van der Waals surface area contributed by atoms with Crippen LogP contribution in [-0.2, 0) is 0 Å². The highest BCUT2D eigenvalue weighted by molar-refractivity contribution is 5.39. The largest absolute Gasteiger partial charge is 0.470 e. The molecule has 9 heavy (non-hydrogen) atoms. The molecule has 2 nitrogen and oxygen atoms in total. The van der Waals surface area contributed by atoms with Crippen molar-refractivity contribution in [2.75, 3.05) is 5.32 Å². The lowest BCUT2D eigenvalue weighted by atomic mass is 10.4. The molecule has 2 heteroatoms. The van der Waals surface area contributed by atoms with Crippen LogP contribution in [0.4, 0.5) is 5.69 Å². The molecule has 0 aliphatic heterocycles. The monoisotopic (exact) mass is 125 g/mol. The van der Waals surface area contributed by atoms with Crippen LogP contribution in [0.3, 0.4) is 0 Å². The Balaban J connectivity index is 2.48. The summed E-state index contributed by atoms with van der Waals surface area (Å²) in [5, 5.41) is 3.19. The van der Waals surface area contributed by atoms with Crippen LogP contribution in [0.5, 0.6) is 0 Å². The highest BCUT2D eigenvalue weighted by Gasteiger charge is 1.93. The van der Waals surface area contributed by atoms with Crippen LogP contribution in [0.15, 0.2) is 23.0 Å². The molecule has 1 N–H and O–H groups in total. The van der Waals surface area contributed by atoms with Gasteiger partial charge in [-0.2, -0.15) is 0 Å². The van der Waals surface area contributed by atoms with E-state index in [2.05, 4.69) is 19.2 Å². The zero-order chi connectivity index (χ0) is 6.69. The van der Waals surface area contributed by atoms with Crippen molar-refractivity contribution in [3.05, 3.63) is 18.6 Å². The second kappa shape index (κ2) is 2.58. The zero-order valence-corrected chi connectivity index (χ0v) is 5.72. The number of rotatable bonds is 2. The van der Waals surface area contributed by atoms with E-state index in [1.54, 1.807) is 12.5 Å². The van der Waals surface area contributed by atoms with E-state index in [9.17, 15) is 0 Å². The maximum atomic E-state index is 4.85. The van der Waals surface area contributed by atoms with Crippen molar-refractivity contribution in [1.82, 2.24) is 0 Å². The first-order valence-electron chi connectivity index (χ1n) is 3.08. The summed E-state index contributed by atoms with van der Waals surface area (Å²) in [4.78, 5) is 0. The van der Waals surface area contributed by atoms with E-state index in [0.29, 0.717) is 6.04 Å². The van der Waals surface area contributed by atoms with Gasteiger partial charge in [0.2, 0.25) is 0 Å². The Morgan fingerprint density at radius 1 is 1.56 bits per heavy atom. The minimum Gasteiger partial charge on any atom is -0.470 e. The fraction of sp³-hybridized carbons (Fsp3) is 0.429. The van der Waals surface area contributed by atoms with Gasteiger partial charge in [-0.25, -0.2) is 0 Å². The zero-order valence-electron chi connectivity index (χ0n) is 5.72. The summed E-state index contributed by atoms with van der Waals surface area (Å²) in [6, 6.07) is 2.38. The minimum atomic E-state index is 0.475. The van der Waals surface area contributed by atoms with E-state index in [1.807, 2.05) is 6.07 Å². The van der Waals surface area contributed by atoms with Crippen molar-refractivity contribution in [2.45, 2.75) is 19.9 Å². The summed E-state index contributed by atoms with van der Waals surface area (Å²) in [5.74, 6) is 0. The maximum Gasteiger partial charge on any atom is 0.113 e. The van der Waals surface area contributed by atoms with Crippen LogP contribution < -0.4 is 5.32 Å². The normalized spacial score (nSPS) is 10.1. The second-order valence-electron chi connectivity index (χ2n) is 2.31. The number of nitrogens with one attached hydrogen (secondary N) is 1. The first-order valence-corrected chi connectivity index (χ1v) is 3.08. The molecule has 0 amide bonds. The Labute approximate surface area is 54.9 Å². The third-order valence-electron chi connectivity index (χ3n) is 0.977. The van der Waals surface area contributed by atoms with Crippen LogP contribution in [0.1, 0.15) is 13.8 Å². The average Bonchev–Trinajstić information content (AvgIpc) is 2.15. The second-order valence-corrected chi connectivity index (χ2v) is 2.31. The number of hydrogen-bond acceptors (Lipinski definition) is 2. The van der Waals surface area contributed by atoms with E-state index >= 15 is 0 Å². The van der Waals surface area contributed by atoms with Gasteiger partial charge in [-0.1, -0.05) is 0 Å². The highest BCUT2D eigenvalue weighted by Crippen LogP contribution is 2.07. The molecule has 0 radical (unpaired) electrons. The van der Waals surface area contributed by atoms with Gasteiger partial charge >= 0.3 is 0 Å². The van der Waals surface area contributed by atoms with Crippen LogP contribution in [0.2, 0.25) is 0 Å². The summed E-state index contributed by atoms with van der Waals surface area (Å²) in [7, 11) is 0. The first-order chi connectivity index (χ1) is 4.29. The van der Waals surface area contributed by atoms with Gasteiger partial charge in [0, 0.05) is 6.04 Å². The molecular weight excluding hydrogens is 114 g/mol.